The highest BCUT2D eigenvalue weighted by Gasteiger charge is 2.22. The molecule has 0 N–H and O–H groups in total. The van der Waals surface area contributed by atoms with Crippen molar-refractivity contribution in [3.8, 4) is 5.88 Å². The monoisotopic (exact) mass is 390 g/mol. The summed E-state index contributed by atoms with van der Waals surface area (Å²) in [7, 11) is -3.96. The molecule has 0 spiro atoms. The zero-order valence-corrected chi connectivity index (χ0v) is 16.3. The van der Waals surface area contributed by atoms with E-state index in [1.807, 2.05) is 38.1 Å². The van der Waals surface area contributed by atoms with E-state index in [-0.39, 0.29) is 16.8 Å². The SMILES string of the molecule is Cc1cccc(S(=O)(=O)Oc2cc(C)nn2C(C)c2cccc(Cl)c2)c1. The summed E-state index contributed by atoms with van der Waals surface area (Å²) in [6.07, 6.45) is 0. The second-order valence-corrected chi connectivity index (χ2v) is 8.14. The van der Waals surface area contributed by atoms with Gasteiger partial charge in [-0.15, -0.1) is 0 Å². The molecule has 0 saturated heterocycles. The van der Waals surface area contributed by atoms with Gasteiger partial charge in [-0.25, -0.2) is 4.68 Å². The third-order valence-corrected chi connectivity index (χ3v) is 5.45. The van der Waals surface area contributed by atoms with Crippen LogP contribution in [0.5, 0.6) is 5.88 Å². The first kappa shape index (κ1) is 18.5. The highest BCUT2D eigenvalue weighted by Crippen LogP contribution is 2.28. The minimum absolute atomic E-state index is 0.110. The molecule has 7 heteroatoms. The van der Waals surface area contributed by atoms with E-state index < -0.39 is 10.1 Å². The van der Waals surface area contributed by atoms with Crippen LogP contribution in [0.4, 0.5) is 0 Å². The smallest absolute Gasteiger partial charge is 0.340 e. The molecule has 1 unspecified atom stereocenters. The van der Waals surface area contributed by atoms with Gasteiger partial charge in [-0.05, 0) is 56.2 Å². The number of aryl methyl sites for hydroxylation is 2. The molecule has 2 aromatic carbocycles. The lowest BCUT2D eigenvalue weighted by Crippen LogP contribution is -2.16. The number of benzene rings is 2. The third-order valence-electron chi connectivity index (χ3n) is 3.99. The third kappa shape index (κ3) is 3.92. The minimum atomic E-state index is -3.96. The van der Waals surface area contributed by atoms with E-state index in [9.17, 15) is 8.42 Å². The molecule has 3 aromatic rings. The molecule has 26 heavy (non-hydrogen) atoms. The van der Waals surface area contributed by atoms with E-state index in [4.69, 9.17) is 15.8 Å². The van der Waals surface area contributed by atoms with Crippen molar-refractivity contribution in [2.75, 3.05) is 0 Å². The maximum Gasteiger partial charge on any atom is 0.340 e. The fraction of sp³-hybridized carbons (Fsp3) is 0.211. The number of hydrogen-bond acceptors (Lipinski definition) is 4. The van der Waals surface area contributed by atoms with Crippen molar-refractivity contribution in [3.05, 3.63) is 76.4 Å². The van der Waals surface area contributed by atoms with Gasteiger partial charge >= 0.3 is 10.1 Å². The lowest BCUT2D eigenvalue weighted by Gasteiger charge is -2.16. The molecular weight excluding hydrogens is 372 g/mol. The van der Waals surface area contributed by atoms with Crippen molar-refractivity contribution in [2.45, 2.75) is 31.7 Å². The Morgan fingerprint density at radius 3 is 2.50 bits per heavy atom. The maximum atomic E-state index is 12.6. The van der Waals surface area contributed by atoms with E-state index in [1.165, 1.54) is 6.07 Å². The highest BCUT2D eigenvalue weighted by molar-refractivity contribution is 7.87. The fourth-order valence-electron chi connectivity index (χ4n) is 2.67. The average Bonchev–Trinajstić information content (AvgIpc) is 2.94. The molecule has 0 aliphatic rings. The topological polar surface area (TPSA) is 61.2 Å². The Balaban J connectivity index is 1.97. The molecule has 3 rings (SSSR count). The molecule has 136 valence electrons. The Hall–Kier alpha value is -2.31. The molecule has 0 aliphatic carbocycles. The first-order chi connectivity index (χ1) is 12.3. The van der Waals surface area contributed by atoms with Gasteiger partial charge < -0.3 is 4.18 Å². The zero-order valence-electron chi connectivity index (χ0n) is 14.7. The Labute approximate surface area is 158 Å². The molecule has 1 atom stereocenters. The van der Waals surface area contributed by atoms with E-state index in [0.717, 1.165) is 11.1 Å². The van der Waals surface area contributed by atoms with Crippen molar-refractivity contribution in [3.63, 3.8) is 0 Å². The first-order valence-corrected chi connectivity index (χ1v) is 9.87. The quantitative estimate of drug-likeness (QED) is 0.600. The summed E-state index contributed by atoms with van der Waals surface area (Å²) in [5.74, 6) is 0.163. The van der Waals surface area contributed by atoms with Crippen LogP contribution in [0.1, 0.15) is 29.8 Å². The molecule has 0 saturated carbocycles. The Morgan fingerprint density at radius 2 is 1.81 bits per heavy atom. The van der Waals surface area contributed by atoms with E-state index in [2.05, 4.69) is 5.10 Å². The van der Waals surface area contributed by atoms with Gasteiger partial charge in [-0.1, -0.05) is 35.9 Å². The molecule has 1 aromatic heterocycles. The Bertz CT molecular complexity index is 1040. The van der Waals surface area contributed by atoms with Crippen LogP contribution in [-0.2, 0) is 10.1 Å². The van der Waals surface area contributed by atoms with Crippen molar-refractivity contribution in [1.29, 1.82) is 0 Å². The molecule has 0 fully saturated rings. The summed E-state index contributed by atoms with van der Waals surface area (Å²) in [5.41, 5.74) is 2.40. The van der Waals surface area contributed by atoms with Gasteiger partial charge in [0.15, 0.2) is 0 Å². The summed E-state index contributed by atoms with van der Waals surface area (Å²) < 4.78 is 32.2. The summed E-state index contributed by atoms with van der Waals surface area (Å²) in [6, 6.07) is 15.3. The predicted molar refractivity (Wildman–Crippen MR) is 101 cm³/mol. The minimum Gasteiger partial charge on any atom is -0.358 e. The standard InChI is InChI=1S/C19H19ClN2O3S/c1-13-6-4-9-18(10-13)26(23,24)25-19-11-14(2)21-22(19)15(3)16-7-5-8-17(20)12-16/h4-12,15H,1-3H3. The number of halogens is 1. The van der Waals surface area contributed by atoms with Crippen LogP contribution in [-0.4, -0.2) is 18.2 Å². The Kier molecular flexibility index (Phi) is 5.07. The number of rotatable bonds is 5. The van der Waals surface area contributed by atoms with Crippen molar-refractivity contribution >= 4 is 21.7 Å². The average molecular weight is 391 g/mol. The van der Waals surface area contributed by atoms with Crippen molar-refractivity contribution < 1.29 is 12.6 Å². The highest BCUT2D eigenvalue weighted by atomic mass is 35.5. The molecule has 0 amide bonds. The molecule has 0 radical (unpaired) electrons. The number of aromatic nitrogens is 2. The first-order valence-electron chi connectivity index (χ1n) is 8.09. The van der Waals surface area contributed by atoms with Crippen molar-refractivity contribution in [2.24, 2.45) is 0 Å². The van der Waals surface area contributed by atoms with Gasteiger partial charge in [-0.3, -0.25) is 0 Å². The van der Waals surface area contributed by atoms with Gasteiger partial charge in [0, 0.05) is 11.1 Å². The van der Waals surface area contributed by atoms with Crippen LogP contribution in [0, 0.1) is 13.8 Å². The zero-order chi connectivity index (χ0) is 18.9. The maximum absolute atomic E-state index is 12.6. The summed E-state index contributed by atoms with van der Waals surface area (Å²) >= 11 is 6.07. The Morgan fingerprint density at radius 1 is 1.08 bits per heavy atom. The molecule has 5 nitrogen and oxygen atoms in total. The van der Waals surface area contributed by atoms with Gasteiger partial charge in [0.25, 0.3) is 0 Å². The summed E-state index contributed by atoms with van der Waals surface area (Å²) in [5, 5.41) is 5.00. The fourth-order valence-corrected chi connectivity index (χ4v) is 3.89. The van der Waals surface area contributed by atoms with E-state index >= 15 is 0 Å². The lowest BCUT2D eigenvalue weighted by molar-refractivity contribution is 0.425. The second-order valence-electron chi connectivity index (χ2n) is 6.15. The lowest BCUT2D eigenvalue weighted by atomic mass is 10.1. The molecule has 1 heterocycles. The van der Waals surface area contributed by atoms with E-state index in [0.29, 0.717) is 10.7 Å². The van der Waals surface area contributed by atoms with Gasteiger partial charge in [0.1, 0.15) is 4.90 Å². The van der Waals surface area contributed by atoms with Crippen LogP contribution >= 0.6 is 11.6 Å². The normalized spacial score (nSPS) is 12.8. The summed E-state index contributed by atoms with van der Waals surface area (Å²) in [6.45, 7) is 5.52. The van der Waals surface area contributed by atoms with Crippen molar-refractivity contribution in [1.82, 2.24) is 9.78 Å². The van der Waals surface area contributed by atoms with Crippen LogP contribution in [0.2, 0.25) is 5.02 Å². The number of hydrogen-bond donors (Lipinski definition) is 0. The molecular formula is C19H19ClN2O3S. The van der Waals surface area contributed by atoms with Crippen LogP contribution in [0.3, 0.4) is 0 Å². The van der Waals surface area contributed by atoms with Gasteiger partial charge in [0.2, 0.25) is 5.88 Å². The van der Waals surface area contributed by atoms with E-state index in [1.54, 1.807) is 35.9 Å². The van der Waals surface area contributed by atoms with Crippen LogP contribution in [0.25, 0.3) is 0 Å². The van der Waals surface area contributed by atoms with Gasteiger partial charge in [-0.2, -0.15) is 13.5 Å². The largest absolute Gasteiger partial charge is 0.358 e. The predicted octanol–water partition coefficient (Wildman–Crippen LogP) is 4.53. The van der Waals surface area contributed by atoms with Gasteiger partial charge in [0.05, 0.1) is 11.7 Å². The van der Waals surface area contributed by atoms with Crippen LogP contribution < -0.4 is 4.18 Å². The molecule has 0 aliphatic heterocycles. The van der Waals surface area contributed by atoms with Crippen LogP contribution in [0.15, 0.2) is 59.5 Å². The number of nitrogens with zero attached hydrogens (tertiary/aromatic N) is 2. The second kappa shape index (κ2) is 7.13. The molecule has 0 bridgehead atoms. The summed E-state index contributed by atoms with van der Waals surface area (Å²) in [4.78, 5) is 0.110.